The molecule has 0 aromatic heterocycles. The van der Waals surface area contributed by atoms with Crippen molar-refractivity contribution in [2.75, 3.05) is 6.61 Å². The summed E-state index contributed by atoms with van der Waals surface area (Å²) in [6.07, 6.45) is 10.4. The molecule has 0 saturated heterocycles. The highest BCUT2D eigenvalue weighted by atomic mass is 16.3. The van der Waals surface area contributed by atoms with Gasteiger partial charge < -0.3 is 16.4 Å². The molecule has 0 spiro atoms. The first-order valence-electron chi connectivity index (χ1n) is 7.97. The summed E-state index contributed by atoms with van der Waals surface area (Å²) < 4.78 is 0. The van der Waals surface area contributed by atoms with E-state index >= 15 is 0 Å². The van der Waals surface area contributed by atoms with Crippen molar-refractivity contribution in [3.63, 3.8) is 0 Å². The number of unbranched alkanes of at least 4 members (excludes halogenated alkanes) is 3. The highest BCUT2D eigenvalue weighted by molar-refractivity contribution is 4.86. The van der Waals surface area contributed by atoms with Gasteiger partial charge in [0.25, 0.3) is 0 Å². The van der Waals surface area contributed by atoms with Crippen molar-refractivity contribution in [1.29, 1.82) is 0 Å². The van der Waals surface area contributed by atoms with Gasteiger partial charge in [0.2, 0.25) is 0 Å². The van der Waals surface area contributed by atoms with E-state index in [1.165, 1.54) is 6.42 Å². The van der Waals surface area contributed by atoms with Gasteiger partial charge in [0.15, 0.2) is 0 Å². The molecule has 3 nitrogen and oxygen atoms in total. The van der Waals surface area contributed by atoms with E-state index in [1.807, 2.05) is 0 Å². The number of aliphatic hydroxyl groups is 2. The number of aliphatic hydroxyl groups excluding tert-OH is 1. The summed E-state index contributed by atoms with van der Waals surface area (Å²) in [5, 5.41) is 20.2. The molecule has 0 aromatic rings. The Bertz CT molecular complexity index is 178. The van der Waals surface area contributed by atoms with Crippen LogP contribution in [-0.2, 0) is 0 Å². The molecule has 0 amide bonds. The van der Waals surface area contributed by atoms with E-state index in [-0.39, 0.29) is 18.7 Å². The molecule has 5 N–H and O–H groups in total. The van der Waals surface area contributed by atoms with Crippen molar-refractivity contribution in [3.05, 3.63) is 0 Å². The standard InChI is InChI=1S/C16H34O2.H3N/c1-4-7-10-15(11-14-17)16(18,12-8-5-2)13-9-6-3;/h15,17-18H,4-14H2,1-3H3;1H3. The second-order valence-electron chi connectivity index (χ2n) is 5.66. The molecule has 0 aliphatic rings. The highest BCUT2D eigenvalue weighted by Crippen LogP contribution is 2.35. The molecule has 0 radical (unpaired) electrons. The molecule has 0 heterocycles. The van der Waals surface area contributed by atoms with E-state index in [0.29, 0.717) is 0 Å². The topological polar surface area (TPSA) is 75.5 Å². The molecule has 0 saturated carbocycles. The van der Waals surface area contributed by atoms with E-state index in [4.69, 9.17) is 0 Å². The molecular weight excluding hydrogens is 238 g/mol. The van der Waals surface area contributed by atoms with E-state index in [9.17, 15) is 10.2 Å². The molecule has 0 aliphatic carbocycles. The first kappa shape index (κ1) is 21.2. The predicted molar refractivity (Wildman–Crippen MR) is 83.7 cm³/mol. The van der Waals surface area contributed by atoms with Crippen LogP contribution < -0.4 is 6.15 Å². The van der Waals surface area contributed by atoms with E-state index in [0.717, 1.165) is 57.8 Å². The third kappa shape index (κ3) is 8.61. The zero-order valence-corrected chi connectivity index (χ0v) is 13.5. The summed E-state index contributed by atoms with van der Waals surface area (Å²) in [4.78, 5) is 0. The van der Waals surface area contributed by atoms with E-state index in [1.54, 1.807) is 0 Å². The Morgan fingerprint density at radius 3 is 1.68 bits per heavy atom. The molecule has 1 atom stereocenters. The lowest BCUT2D eigenvalue weighted by atomic mass is 9.75. The third-order valence-electron chi connectivity index (χ3n) is 4.07. The van der Waals surface area contributed by atoms with Crippen LogP contribution in [0.2, 0.25) is 0 Å². The highest BCUT2D eigenvalue weighted by Gasteiger charge is 2.34. The summed E-state index contributed by atoms with van der Waals surface area (Å²) in [7, 11) is 0. The average Bonchev–Trinajstić information content (AvgIpc) is 2.38. The SMILES string of the molecule is CCCCC(CCO)C(O)(CCCC)CCCC.N. The molecule has 1 unspecified atom stereocenters. The monoisotopic (exact) mass is 275 g/mol. The van der Waals surface area contributed by atoms with Gasteiger partial charge in [-0.3, -0.25) is 0 Å². The van der Waals surface area contributed by atoms with Crippen molar-refractivity contribution in [2.24, 2.45) is 5.92 Å². The van der Waals surface area contributed by atoms with Crippen molar-refractivity contribution in [2.45, 2.75) is 90.6 Å². The molecule has 0 fully saturated rings. The molecule has 118 valence electrons. The number of hydrogen-bond donors (Lipinski definition) is 3. The smallest absolute Gasteiger partial charge is 0.0676 e. The van der Waals surface area contributed by atoms with Gasteiger partial charge in [-0.15, -0.1) is 0 Å². The zero-order valence-electron chi connectivity index (χ0n) is 13.5. The fourth-order valence-electron chi connectivity index (χ4n) is 2.79. The van der Waals surface area contributed by atoms with Crippen molar-refractivity contribution in [3.8, 4) is 0 Å². The second-order valence-corrected chi connectivity index (χ2v) is 5.66. The third-order valence-corrected chi connectivity index (χ3v) is 4.07. The van der Waals surface area contributed by atoms with Crippen molar-refractivity contribution >= 4 is 0 Å². The van der Waals surface area contributed by atoms with Gasteiger partial charge in [-0.1, -0.05) is 59.3 Å². The Balaban J connectivity index is 0. The molecule has 0 aliphatic heterocycles. The van der Waals surface area contributed by atoms with Crippen LogP contribution in [0.3, 0.4) is 0 Å². The van der Waals surface area contributed by atoms with Gasteiger partial charge in [0.05, 0.1) is 5.60 Å². The lowest BCUT2D eigenvalue weighted by molar-refractivity contribution is -0.0487. The molecule has 0 bridgehead atoms. The lowest BCUT2D eigenvalue weighted by Crippen LogP contribution is -2.38. The van der Waals surface area contributed by atoms with Gasteiger partial charge in [-0.05, 0) is 31.6 Å². The predicted octanol–water partition coefficient (Wildman–Crippen LogP) is 4.45. The number of hydrogen-bond acceptors (Lipinski definition) is 3. The summed E-state index contributed by atoms with van der Waals surface area (Å²) in [6, 6.07) is 0. The Morgan fingerprint density at radius 2 is 1.32 bits per heavy atom. The first-order chi connectivity index (χ1) is 8.64. The van der Waals surface area contributed by atoms with Crippen LogP contribution in [0.1, 0.15) is 85.0 Å². The fraction of sp³-hybridized carbons (Fsp3) is 1.00. The number of rotatable bonds is 12. The van der Waals surface area contributed by atoms with E-state index < -0.39 is 5.60 Å². The van der Waals surface area contributed by atoms with Crippen LogP contribution in [0.15, 0.2) is 0 Å². The zero-order chi connectivity index (χ0) is 13.9. The van der Waals surface area contributed by atoms with Gasteiger partial charge in [0.1, 0.15) is 0 Å². The van der Waals surface area contributed by atoms with Crippen LogP contribution >= 0.6 is 0 Å². The molecular formula is C16H37NO2. The van der Waals surface area contributed by atoms with Crippen LogP contribution in [0.5, 0.6) is 0 Å². The maximum absolute atomic E-state index is 11.0. The normalized spacial score (nSPS) is 13.1. The second kappa shape index (κ2) is 12.9. The van der Waals surface area contributed by atoms with Crippen LogP contribution in [-0.4, -0.2) is 22.4 Å². The minimum atomic E-state index is -0.538. The Labute approximate surface area is 120 Å². The Hall–Kier alpha value is -0.120. The molecule has 3 heteroatoms. The summed E-state index contributed by atoms with van der Waals surface area (Å²) >= 11 is 0. The maximum Gasteiger partial charge on any atom is 0.0676 e. The van der Waals surface area contributed by atoms with Crippen LogP contribution in [0, 0.1) is 5.92 Å². The lowest BCUT2D eigenvalue weighted by Gasteiger charge is -2.37. The van der Waals surface area contributed by atoms with Crippen LogP contribution in [0.4, 0.5) is 0 Å². The quantitative estimate of drug-likeness (QED) is 0.492. The molecule has 0 aromatic carbocycles. The summed E-state index contributed by atoms with van der Waals surface area (Å²) in [5.74, 6) is 0.278. The van der Waals surface area contributed by atoms with Gasteiger partial charge in [0, 0.05) is 6.61 Å². The summed E-state index contributed by atoms with van der Waals surface area (Å²) in [5.41, 5.74) is -0.538. The fourth-order valence-corrected chi connectivity index (χ4v) is 2.79. The first-order valence-corrected chi connectivity index (χ1v) is 7.97. The minimum Gasteiger partial charge on any atom is -0.396 e. The molecule has 19 heavy (non-hydrogen) atoms. The Morgan fingerprint density at radius 1 is 0.842 bits per heavy atom. The minimum absolute atomic E-state index is 0. The maximum atomic E-state index is 11.0. The largest absolute Gasteiger partial charge is 0.396 e. The summed E-state index contributed by atoms with van der Waals surface area (Å²) in [6.45, 7) is 6.74. The molecule has 0 rings (SSSR count). The van der Waals surface area contributed by atoms with Crippen molar-refractivity contribution in [1.82, 2.24) is 6.15 Å². The van der Waals surface area contributed by atoms with Crippen LogP contribution in [0.25, 0.3) is 0 Å². The van der Waals surface area contributed by atoms with Gasteiger partial charge in [-0.25, -0.2) is 0 Å². The van der Waals surface area contributed by atoms with Crippen molar-refractivity contribution < 1.29 is 10.2 Å². The van der Waals surface area contributed by atoms with Gasteiger partial charge in [-0.2, -0.15) is 0 Å². The van der Waals surface area contributed by atoms with Gasteiger partial charge >= 0.3 is 0 Å². The Kier molecular flexibility index (Phi) is 14.4. The van der Waals surface area contributed by atoms with E-state index in [2.05, 4.69) is 20.8 Å². The average molecular weight is 275 g/mol.